The predicted octanol–water partition coefficient (Wildman–Crippen LogP) is 3.34. The van der Waals surface area contributed by atoms with Crippen molar-refractivity contribution in [2.45, 2.75) is 13.2 Å². The molecule has 0 fully saturated rings. The molecule has 0 saturated heterocycles. The van der Waals surface area contributed by atoms with Crippen LogP contribution in [-0.4, -0.2) is 0 Å². The smallest absolute Gasteiger partial charge is 0.129 e. The van der Waals surface area contributed by atoms with Crippen molar-refractivity contribution in [3.05, 3.63) is 52.4 Å². The zero-order valence-electron chi connectivity index (χ0n) is 8.65. The maximum Gasteiger partial charge on any atom is 0.129 e. The van der Waals surface area contributed by atoms with E-state index in [0.29, 0.717) is 13.2 Å². The van der Waals surface area contributed by atoms with Crippen LogP contribution in [0.15, 0.2) is 45.5 Å². The van der Waals surface area contributed by atoms with Crippen LogP contribution in [0.2, 0.25) is 0 Å². The Kier molecular flexibility index (Phi) is 3.64. The highest BCUT2D eigenvalue weighted by molar-refractivity contribution is 9.10. The SMILES string of the molecule is Nc1cc(Br)ccc1COCc1ccco1. The second kappa shape index (κ2) is 5.18. The first-order chi connectivity index (χ1) is 7.75. The average molecular weight is 282 g/mol. The lowest BCUT2D eigenvalue weighted by molar-refractivity contribution is 0.0933. The Morgan fingerprint density at radius 3 is 2.81 bits per heavy atom. The maximum absolute atomic E-state index is 5.85. The van der Waals surface area contributed by atoms with E-state index >= 15 is 0 Å². The molecule has 0 spiro atoms. The average Bonchev–Trinajstić information content (AvgIpc) is 2.74. The molecule has 0 aliphatic carbocycles. The molecule has 2 N–H and O–H groups in total. The minimum atomic E-state index is 0.461. The highest BCUT2D eigenvalue weighted by Gasteiger charge is 2.01. The van der Waals surface area contributed by atoms with Crippen LogP contribution in [-0.2, 0) is 18.0 Å². The van der Waals surface area contributed by atoms with Crippen molar-refractivity contribution in [1.29, 1.82) is 0 Å². The normalized spacial score (nSPS) is 10.6. The molecule has 0 saturated carbocycles. The summed E-state index contributed by atoms with van der Waals surface area (Å²) in [6.07, 6.45) is 1.63. The van der Waals surface area contributed by atoms with Crippen LogP contribution in [0.5, 0.6) is 0 Å². The Morgan fingerprint density at radius 1 is 1.25 bits per heavy atom. The largest absolute Gasteiger partial charge is 0.467 e. The predicted molar refractivity (Wildman–Crippen MR) is 65.8 cm³/mol. The maximum atomic E-state index is 5.85. The number of rotatable bonds is 4. The number of halogens is 1. The fourth-order valence-corrected chi connectivity index (χ4v) is 1.73. The zero-order valence-corrected chi connectivity index (χ0v) is 10.2. The fraction of sp³-hybridized carbons (Fsp3) is 0.167. The first-order valence-electron chi connectivity index (χ1n) is 4.90. The molecule has 2 rings (SSSR count). The molecule has 0 radical (unpaired) electrons. The topological polar surface area (TPSA) is 48.4 Å². The number of ether oxygens (including phenoxy) is 1. The summed E-state index contributed by atoms with van der Waals surface area (Å²) in [5, 5.41) is 0. The summed E-state index contributed by atoms with van der Waals surface area (Å²) in [7, 11) is 0. The molecule has 1 aromatic heterocycles. The van der Waals surface area contributed by atoms with E-state index in [1.165, 1.54) is 0 Å². The van der Waals surface area contributed by atoms with Gasteiger partial charge in [-0.2, -0.15) is 0 Å². The standard InChI is InChI=1S/C12H12BrNO2/c13-10-4-3-9(12(14)6-10)7-15-8-11-2-1-5-16-11/h1-6H,7-8,14H2. The highest BCUT2D eigenvalue weighted by atomic mass is 79.9. The van der Waals surface area contributed by atoms with Crippen molar-refractivity contribution in [3.8, 4) is 0 Å². The van der Waals surface area contributed by atoms with Gasteiger partial charge in [-0.25, -0.2) is 0 Å². The Hall–Kier alpha value is -1.26. The molecule has 16 heavy (non-hydrogen) atoms. The summed E-state index contributed by atoms with van der Waals surface area (Å²) in [4.78, 5) is 0. The van der Waals surface area contributed by atoms with Gasteiger partial charge in [-0.05, 0) is 24.3 Å². The van der Waals surface area contributed by atoms with Gasteiger partial charge in [0.05, 0.1) is 12.9 Å². The van der Waals surface area contributed by atoms with Gasteiger partial charge in [-0.15, -0.1) is 0 Å². The second-order valence-electron chi connectivity index (χ2n) is 3.42. The van der Waals surface area contributed by atoms with Gasteiger partial charge in [0.15, 0.2) is 0 Å². The van der Waals surface area contributed by atoms with Gasteiger partial charge in [0, 0.05) is 15.7 Å². The molecule has 0 unspecified atom stereocenters. The van der Waals surface area contributed by atoms with Crippen LogP contribution in [0.1, 0.15) is 11.3 Å². The first-order valence-corrected chi connectivity index (χ1v) is 5.69. The molecule has 0 aliphatic rings. The van der Waals surface area contributed by atoms with Crippen molar-refractivity contribution >= 4 is 21.6 Å². The van der Waals surface area contributed by atoms with E-state index in [0.717, 1.165) is 21.5 Å². The van der Waals surface area contributed by atoms with E-state index in [1.54, 1.807) is 6.26 Å². The molecule has 1 heterocycles. The van der Waals surface area contributed by atoms with E-state index in [4.69, 9.17) is 14.9 Å². The molecular weight excluding hydrogens is 270 g/mol. The van der Waals surface area contributed by atoms with Crippen LogP contribution in [0.3, 0.4) is 0 Å². The molecule has 4 heteroatoms. The molecule has 0 atom stereocenters. The second-order valence-corrected chi connectivity index (χ2v) is 4.33. The summed E-state index contributed by atoms with van der Waals surface area (Å²) >= 11 is 3.36. The number of furan rings is 1. The number of hydrogen-bond acceptors (Lipinski definition) is 3. The monoisotopic (exact) mass is 281 g/mol. The Bertz CT molecular complexity index is 454. The number of benzene rings is 1. The number of hydrogen-bond donors (Lipinski definition) is 1. The first kappa shape index (κ1) is 11.2. The fourth-order valence-electron chi connectivity index (χ4n) is 1.35. The van der Waals surface area contributed by atoms with Crippen molar-refractivity contribution < 1.29 is 9.15 Å². The van der Waals surface area contributed by atoms with Crippen LogP contribution < -0.4 is 5.73 Å². The minimum Gasteiger partial charge on any atom is -0.467 e. The third-order valence-corrected chi connectivity index (χ3v) is 2.68. The van der Waals surface area contributed by atoms with Crippen LogP contribution in [0.4, 0.5) is 5.69 Å². The molecular formula is C12H12BrNO2. The molecule has 3 nitrogen and oxygen atoms in total. The van der Waals surface area contributed by atoms with Crippen molar-refractivity contribution in [3.63, 3.8) is 0 Å². The van der Waals surface area contributed by atoms with E-state index in [2.05, 4.69) is 15.9 Å². The van der Waals surface area contributed by atoms with Crippen LogP contribution in [0, 0.1) is 0 Å². The lowest BCUT2D eigenvalue weighted by atomic mass is 10.2. The van der Waals surface area contributed by atoms with Gasteiger partial charge < -0.3 is 14.9 Å². The Morgan fingerprint density at radius 2 is 2.12 bits per heavy atom. The van der Waals surface area contributed by atoms with Crippen LogP contribution in [0.25, 0.3) is 0 Å². The zero-order chi connectivity index (χ0) is 11.4. The number of nitrogen functional groups attached to an aromatic ring is 1. The lowest BCUT2D eigenvalue weighted by Gasteiger charge is -2.06. The Labute approximate surface area is 102 Å². The number of nitrogens with two attached hydrogens (primary N) is 1. The minimum absolute atomic E-state index is 0.461. The van der Waals surface area contributed by atoms with Gasteiger partial charge in [0.2, 0.25) is 0 Å². The van der Waals surface area contributed by atoms with E-state index < -0.39 is 0 Å². The summed E-state index contributed by atoms with van der Waals surface area (Å²) in [5.74, 6) is 0.815. The van der Waals surface area contributed by atoms with Gasteiger partial charge >= 0.3 is 0 Å². The quantitative estimate of drug-likeness (QED) is 0.875. The summed E-state index contributed by atoms with van der Waals surface area (Å²) in [6.45, 7) is 0.947. The third kappa shape index (κ3) is 2.87. The lowest BCUT2D eigenvalue weighted by Crippen LogP contribution is -1.98. The molecule has 2 aromatic rings. The number of anilines is 1. The van der Waals surface area contributed by atoms with Crippen LogP contribution >= 0.6 is 15.9 Å². The van der Waals surface area contributed by atoms with E-state index in [9.17, 15) is 0 Å². The van der Waals surface area contributed by atoms with E-state index in [1.807, 2.05) is 30.3 Å². The molecule has 1 aromatic carbocycles. The van der Waals surface area contributed by atoms with Gasteiger partial charge in [-0.1, -0.05) is 22.0 Å². The summed E-state index contributed by atoms with van der Waals surface area (Å²) < 4.78 is 11.6. The Balaban J connectivity index is 1.90. The third-order valence-electron chi connectivity index (χ3n) is 2.19. The van der Waals surface area contributed by atoms with Gasteiger partial charge in [0.25, 0.3) is 0 Å². The summed E-state index contributed by atoms with van der Waals surface area (Å²) in [6, 6.07) is 9.48. The van der Waals surface area contributed by atoms with Gasteiger partial charge in [0.1, 0.15) is 12.4 Å². The molecule has 84 valence electrons. The van der Waals surface area contributed by atoms with Crippen molar-refractivity contribution in [1.82, 2.24) is 0 Å². The van der Waals surface area contributed by atoms with Crippen molar-refractivity contribution in [2.75, 3.05) is 5.73 Å². The van der Waals surface area contributed by atoms with Crippen molar-refractivity contribution in [2.24, 2.45) is 0 Å². The highest BCUT2D eigenvalue weighted by Crippen LogP contribution is 2.19. The van der Waals surface area contributed by atoms with Gasteiger partial charge in [-0.3, -0.25) is 0 Å². The molecule has 0 aliphatic heterocycles. The molecule has 0 bridgehead atoms. The van der Waals surface area contributed by atoms with E-state index in [-0.39, 0.29) is 0 Å². The molecule has 0 amide bonds. The summed E-state index contributed by atoms with van der Waals surface area (Å²) in [5.41, 5.74) is 7.56.